The summed E-state index contributed by atoms with van der Waals surface area (Å²) in [5.41, 5.74) is 0.230. The summed E-state index contributed by atoms with van der Waals surface area (Å²) in [5.74, 6) is -1.75. The van der Waals surface area contributed by atoms with Crippen molar-refractivity contribution in [3.05, 3.63) is 40.2 Å². The SMILES string of the molecule is O=C(O)c1ccnc2c(Br)ccc(F)c12. The molecule has 1 aromatic carbocycles. The van der Waals surface area contributed by atoms with Gasteiger partial charge in [0.1, 0.15) is 5.82 Å². The van der Waals surface area contributed by atoms with Crippen LogP contribution in [-0.4, -0.2) is 16.1 Å². The van der Waals surface area contributed by atoms with Crippen molar-refractivity contribution in [1.29, 1.82) is 0 Å². The van der Waals surface area contributed by atoms with Crippen LogP contribution >= 0.6 is 15.9 Å². The Morgan fingerprint density at radius 2 is 2.13 bits per heavy atom. The summed E-state index contributed by atoms with van der Waals surface area (Å²) in [6.07, 6.45) is 1.34. The van der Waals surface area contributed by atoms with Gasteiger partial charge in [0, 0.05) is 10.7 Å². The lowest BCUT2D eigenvalue weighted by Crippen LogP contribution is -2.00. The second kappa shape index (κ2) is 3.58. The van der Waals surface area contributed by atoms with E-state index in [0.717, 1.165) is 0 Å². The van der Waals surface area contributed by atoms with Crippen molar-refractivity contribution in [2.45, 2.75) is 0 Å². The highest BCUT2D eigenvalue weighted by Crippen LogP contribution is 2.26. The first-order chi connectivity index (χ1) is 7.11. The number of benzene rings is 1. The molecule has 15 heavy (non-hydrogen) atoms. The third-order valence-electron chi connectivity index (χ3n) is 2.02. The molecule has 0 aliphatic rings. The molecule has 0 saturated carbocycles. The molecule has 0 radical (unpaired) electrons. The molecule has 0 aliphatic carbocycles. The van der Waals surface area contributed by atoms with E-state index in [-0.39, 0.29) is 10.9 Å². The van der Waals surface area contributed by atoms with Gasteiger partial charge in [-0.05, 0) is 34.1 Å². The van der Waals surface area contributed by atoms with Gasteiger partial charge >= 0.3 is 5.97 Å². The van der Waals surface area contributed by atoms with Crippen LogP contribution in [0.5, 0.6) is 0 Å². The van der Waals surface area contributed by atoms with E-state index in [1.54, 1.807) is 0 Å². The van der Waals surface area contributed by atoms with Crippen molar-refractivity contribution in [3.8, 4) is 0 Å². The number of hydrogen-bond acceptors (Lipinski definition) is 2. The van der Waals surface area contributed by atoms with Crippen LogP contribution in [0.25, 0.3) is 10.9 Å². The molecule has 0 aliphatic heterocycles. The van der Waals surface area contributed by atoms with Crippen LogP contribution in [0.4, 0.5) is 4.39 Å². The van der Waals surface area contributed by atoms with Crippen molar-refractivity contribution in [1.82, 2.24) is 4.98 Å². The molecule has 1 heterocycles. The molecule has 76 valence electrons. The Morgan fingerprint density at radius 1 is 1.40 bits per heavy atom. The van der Waals surface area contributed by atoms with Gasteiger partial charge in [0.25, 0.3) is 0 Å². The van der Waals surface area contributed by atoms with Gasteiger partial charge in [-0.2, -0.15) is 0 Å². The first-order valence-corrected chi connectivity index (χ1v) is 4.86. The summed E-state index contributed by atoms with van der Waals surface area (Å²) in [7, 11) is 0. The molecule has 3 nitrogen and oxygen atoms in total. The molecule has 0 atom stereocenters. The number of hydrogen-bond donors (Lipinski definition) is 1. The minimum Gasteiger partial charge on any atom is -0.478 e. The highest BCUT2D eigenvalue weighted by atomic mass is 79.9. The van der Waals surface area contributed by atoms with Gasteiger partial charge < -0.3 is 5.11 Å². The average molecular weight is 270 g/mol. The number of rotatable bonds is 1. The normalized spacial score (nSPS) is 10.5. The number of nitrogens with zero attached hydrogens (tertiary/aromatic N) is 1. The number of fused-ring (bicyclic) bond motifs is 1. The second-order valence-electron chi connectivity index (χ2n) is 2.92. The summed E-state index contributed by atoms with van der Waals surface area (Å²) in [6.45, 7) is 0. The fourth-order valence-corrected chi connectivity index (χ4v) is 1.80. The second-order valence-corrected chi connectivity index (χ2v) is 3.77. The Hall–Kier alpha value is -1.49. The van der Waals surface area contributed by atoms with Crippen LogP contribution in [0, 0.1) is 5.82 Å². The largest absolute Gasteiger partial charge is 0.478 e. The van der Waals surface area contributed by atoms with E-state index < -0.39 is 11.8 Å². The molecule has 2 rings (SSSR count). The number of aromatic nitrogens is 1. The maximum Gasteiger partial charge on any atom is 0.336 e. The van der Waals surface area contributed by atoms with Crippen molar-refractivity contribution < 1.29 is 14.3 Å². The number of carboxylic acid groups (broad SMARTS) is 1. The van der Waals surface area contributed by atoms with Crippen molar-refractivity contribution >= 4 is 32.8 Å². The molecule has 1 aromatic heterocycles. The molecule has 0 unspecified atom stereocenters. The Labute approximate surface area is 92.7 Å². The van der Waals surface area contributed by atoms with E-state index in [4.69, 9.17) is 5.11 Å². The van der Waals surface area contributed by atoms with E-state index in [9.17, 15) is 9.18 Å². The molecule has 0 spiro atoms. The Morgan fingerprint density at radius 3 is 2.80 bits per heavy atom. The first-order valence-electron chi connectivity index (χ1n) is 4.07. The van der Waals surface area contributed by atoms with Crippen LogP contribution in [0.2, 0.25) is 0 Å². The molecule has 2 aromatic rings. The van der Waals surface area contributed by atoms with Gasteiger partial charge in [-0.1, -0.05) is 0 Å². The monoisotopic (exact) mass is 269 g/mol. The lowest BCUT2D eigenvalue weighted by atomic mass is 10.1. The number of carboxylic acids is 1. The van der Waals surface area contributed by atoms with Crippen molar-refractivity contribution in [3.63, 3.8) is 0 Å². The zero-order valence-electron chi connectivity index (χ0n) is 7.37. The van der Waals surface area contributed by atoms with Gasteiger partial charge in [-0.25, -0.2) is 9.18 Å². The van der Waals surface area contributed by atoms with E-state index in [0.29, 0.717) is 9.99 Å². The zero-order valence-corrected chi connectivity index (χ0v) is 8.95. The van der Waals surface area contributed by atoms with E-state index in [1.807, 2.05) is 0 Å². The molecule has 1 N–H and O–H groups in total. The maximum absolute atomic E-state index is 13.5. The van der Waals surface area contributed by atoms with Gasteiger partial charge in [-0.3, -0.25) is 4.98 Å². The average Bonchev–Trinajstić information content (AvgIpc) is 2.23. The van der Waals surface area contributed by atoms with Crippen LogP contribution in [0.15, 0.2) is 28.9 Å². The Balaban J connectivity index is 2.96. The predicted octanol–water partition coefficient (Wildman–Crippen LogP) is 2.83. The molecule has 0 amide bonds. The number of halogens is 2. The van der Waals surface area contributed by atoms with Gasteiger partial charge in [0.2, 0.25) is 0 Å². The summed E-state index contributed by atoms with van der Waals surface area (Å²) < 4.78 is 14.0. The summed E-state index contributed by atoms with van der Waals surface area (Å²) in [6, 6.07) is 3.98. The number of pyridine rings is 1. The van der Waals surface area contributed by atoms with Crippen LogP contribution in [-0.2, 0) is 0 Å². The standard InChI is InChI=1S/C10H5BrFNO2/c11-6-1-2-7(12)8-5(10(14)15)3-4-13-9(6)8/h1-4H,(H,14,15). The topological polar surface area (TPSA) is 50.2 Å². The number of carbonyl (C=O) groups is 1. The van der Waals surface area contributed by atoms with Crippen molar-refractivity contribution in [2.75, 3.05) is 0 Å². The predicted molar refractivity (Wildman–Crippen MR) is 56.4 cm³/mol. The minimum absolute atomic E-state index is 0.0272. The minimum atomic E-state index is -1.17. The molecule has 5 heteroatoms. The van der Waals surface area contributed by atoms with Gasteiger partial charge in [0.05, 0.1) is 16.5 Å². The fourth-order valence-electron chi connectivity index (χ4n) is 1.37. The highest BCUT2D eigenvalue weighted by Gasteiger charge is 2.14. The van der Waals surface area contributed by atoms with Crippen LogP contribution in [0.1, 0.15) is 10.4 Å². The van der Waals surface area contributed by atoms with Gasteiger partial charge in [0.15, 0.2) is 0 Å². The van der Waals surface area contributed by atoms with Crippen molar-refractivity contribution in [2.24, 2.45) is 0 Å². The molecule has 0 bridgehead atoms. The van der Waals surface area contributed by atoms with Gasteiger partial charge in [-0.15, -0.1) is 0 Å². The molecular weight excluding hydrogens is 265 g/mol. The summed E-state index contributed by atoms with van der Waals surface area (Å²) in [4.78, 5) is 14.8. The van der Waals surface area contributed by atoms with E-state index in [1.165, 1.54) is 24.4 Å². The lowest BCUT2D eigenvalue weighted by Gasteiger charge is -2.04. The highest BCUT2D eigenvalue weighted by molar-refractivity contribution is 9.10. The molecule has 0 fully saturated rings. The summed E-state index contributed by atoms with van der Waals surface area (Å²) >= 11 is 3.19. The quantitative estimate of drug-likeness (QED) is 0.866. The van der Waals surface area contributed by atoms with E-state index >= 15 is 0 Å². The first kappa shape index (κ1) is 10.0. The van der Waals surface area contributed by atoms with Crippen LogP contribution in [0.3, 0.4) is 0 Å². The molecule has 0 saturated heterocycles. The molecular formula is C10H5BrFNO2. The number of aromatic carboxylic acids is 1. The lowest BCUT2D eigenvalue weighted by molar-refractivity contribution is 0.0698. The zero-order chi connectivity index (χ0) is 11.0. The maximum atomic E-state index is 13.5. The van der Waals surface area contributed by atoms with E-state index in [2.05, 4.69) is 20.9 Å². The Bertz CT molecular complexity index is 556. The third kappa shape index (κ3) is 1.59. The smallest absolute Gasteiger partial charge is 0.336 e. The van der Waals surface area contributed by atoms with Crippen LogP contribution < -0.4 is 0 Å². The summed E-state index contributed by atoms with van der Waals surface area (Å²) in [5, 5.41) is 8.92. The fraction of sp³-hybridized carbons (Fsp3) is 0. The third-order valence-corrected chi connectivity index (χ3v) is 2.66. The Kier molecular flexibility index (Phi) is 2.40.